The zero-order chi connectivity index (χ0) is 21.7. The van der Waals surface area contributed by atoms with Gasteiger partial charge in [0.25, 0.3) is 0 Å². The topological polar surface area (TPSA) is 58.5 Å². The van der Waals surface area contributed by atoms with Crippen molar-refractivity contribution >= 4 is 28.3 Å². The van der Waals surface area contributed by atoms with Crippen molar-refractivity contribution in [3.05, 3.63) is 54.2 Å². The van der Waals surface area contributed by atoms with Crippen LogP contribution < -0.4 is 15.4 Å². The summed E-state index contributed by atoms with van der Waals surface area (Å²) in [6.07, 6.45) is 2.09. The molecule has 2 aromatic carbocycles. The summed E-state index contributed by atoms with van der Waals surface area (Å²) in [5.41, 5.74) is 3.65. The molecule has 2 N–H and O–H groups in total. The van der Waals surface area contributed by atoms with Crippen LogP contribution in [-0.4, -0.2) is 42.7 Å². The highest BCUT2D eigenvalue weighted by atomic mass is 16.5. The first-order chi connectivity index (χ1) is 14.3. The molecule has 0 aliphatic carbocycles. The lowest BCUT2D eigenvalue weighted by Crippen LogP contribution is -2.20. The number of nitrogens with one attached hydrogen (secondary N) is 2. The maximum absolute atomic E-state index is 12.5. The normalized spacial score (nSPS) is 11.3. The maximum Gasteiger partial charge on any atom is 0.323 e. The number of carbonyl (C=O) groups is 1. The fourth-order valence-corrected chi connectivity index (χ4v) is 3.19. The zero-order valence-corrected chi connectivity index (χ0v) is 18.5. The number of aromatic nitrogens is 1. The van der Waals surface area contributed by atoms with Crippen LogP contribution in [0, 0.1) is 12.8 Å². The Balaban J connectivity index is 1.62. The van der Waals surface area contributed by atoms with Crippen molar-refractivity contribution in [3.63, 3.8) is 0 Å². The second-order valence-corrected chi connectivity index (χ2v) is 8.35. The Morgan fingerprint density at radius 3 is 2.60 bits per heavy atom. The summed E-state index contributed by atoms with van der Waals surface area (Å²) in [4.78, 5) is 14.7. The summed E-state index contributed by atoms with van der Waals surface area (Å²) in [7, 11) is 4.14. The molecule has 0 spiro atoms. The average molecular weight is 409 g/mol. The Kier molecular flexibility index (Phi) is 7.00. The highest BCUT2D eigenvalue weighted by Gasteiger charge is 2.08. The molecule has 0 saturated heterocycles. The van der Waals surface area contributed by atoms with Crippen LogP contribution in [0.2, 0.25) is 0 Å². The number of anilines is 2. The number of aryl methyl sites for hydroxylation is 1. The number of benzene rings is 2. The summed E-state index contributed by atoms with van der Waals surface area (Å²) < 4.78 is 7.97. The summed E-state index contributed by atoms with van der Waals surface area (Å²) in [5.74, 6) is 1.28. The minimum absolute atomic E-state index is 0.264. The van der Waals surface area contributed by atoms with E-state index in [2.05, 4.69) is 60.3 Å². The number of amides is 2. The number of carbonyl (C=O) groups excluding carboxylic acids is 1. The molecule has 6 nitrogen and oxygen atoms in total. The van der Waals surface area contributed by atoms with E-state index in [-0.39, 0.29) is 6.03 Å². The lowest BCUT2D eigenvalue weighted by atomic mass is 10.2. The summed E-state index contributed by atoms with van der Waals surface area (Å²) >= 11 is 0. The third-order valence-electron chi connectivity index (χ3n) is 4.85. The van der Waals surface area contributed by atoms with Crippen LogP contribution >= 0.6 is 0 Å². The molecule has 6 heteroatoms. The molecule has 1 aromatic heterocycles. The van der Waals surface area contributed by atoms with E-state index in [4.69, 9.17) is 4.74 Å². The fourth-order valence-electron chi connectivity index (χ4n) is 3.19. The van der Waals surface area contributed by atoms with Gasteiger partial charge in [-0.1, -0.05) is 13.8 Å². The molecule has 1 heterocycles. The molecule has 0 fully saturated rings. The van der Waals surface area contributed by atoms with Crippen molar-refractivity contribution in [2.75, 3.05) is 37.9 Å². The molecule has 3 rings (SSSR count). The Morgan fingerprint density at radius 1 is 1.10 bits per heavy atom. The van der Waals surface area contributed by atoms with E-state index < -0.39 is 0 Å². The predicted molar refractivity (Wildman–Crippen MR) is 125 cm³/mol. The monoisotopic (exact) mass is 408 g/mol. The Labute approximate surface area is 178 Å². The third kappa shape index (κ3) is 5.76. The van der Waals surface area contributed by atoms with Crippen molar-refractivity contribution in [2.24, 2.45) is 5.92 Å². The average Bonchev–Trinajstić information content (AvgIpc) is 3.08. The van der Waals surface area contributed by atoms with Crippen molar-refractivity contribution < 1.29 is 9.53 Å². The standard InChI is InChI=1S/C24H32N4O2/c1-17(2)16-30-21-7-8-22(18(3)14-21)26-24(29)25-20-6-9-23-19(15-20)10-11-28(23)13-12-27(4)5/h6-11,14-15,17H,12-13,16H2,1-5H3,(H2,25,26,29). The molecule has 0 aliphatic rings. The number of hydrogen-bond donors (Lipinski definition) is 2. The fraction of sp³-hybridized carbons (Fsp3) is 0.375. The first-order valence-corrected chi connectivity index (χ1v) is 10.4. The van der Waals surface area contributed by atoms with Crippen molar-refractivity contribution in [2.45, 2.75) is 27.3 Å². The second kappa shape index (κ2) is 9.67. The molecule has 160 valence electrons. The van der Waals surface area contributed by atoms with Crippen LogP contribution in [-0.2, 0) is 6.54 Å². The van der Waals surface area contributed by atoms with Gasteiger partial charge < -0.3 is 24.8 Å². The van der Waals surface area contributed by atoms with Crippen LogP contribution in [0.5, 0.6) is 5.75 Å². The number of ether oxygens (including phenoxy) is 1. The van der Waals surface area contributed by atoms with Gasteiger partial charge in [0.1, 0.15) is 5.75 Å². The molecule has 0 unspecified atom stereocenters. The maximum atomic E-state index is 12.5. The number of likely N-dealkylation sites (N-methyl/N-ethyl adjacent to an activating group) is 1. The highest BCUT2D eigenvalue weighted by molar-refractivity contribution is 6.01. The van der Waals surface area contributed by atoms with E-state index in [1.807, 2.05) is 43.3 Å². The minimum atomic E-state index is -0.264. The molecular formula is C24H32N4O2. The molecular weight excluding hydrogens is 376 g/mol. The SMILES string of the molecule is Cc1cc(OCC(C)C)ccc1NC(=O)Nc1ccc2c(ccn2CCN(C)C)c1. The summed E-state index contributed by atoms with van der Waals surface area (Å²) in [5, 5.41) is 6.95. The van der Waals surface area contributed by atoms with Gasteiger partial charge >= 0.3 is 6.03 Å². The van der Waals surface area contributed by atoms with E-state index in [0.717, 1.165) is 46.7 Å². The Bertz CT molecular complexity index is 1010. The van der Waals surface area contributed by atoms with Crippen LogP contribution in [0.15, 0.2) is 48.7 Å². The van der Waals surface area contributed by atoms with Gasteiger partial charge in [-0.15, -0.1) is 0 Å². The Morgan fingerprint density at radius 2 is 1.90 bits per heavy atom. The molecule has 2 amide bonds. The molecule has 0 saturated carbocycles. The summed E-state index contributed by atoms with van der Waals surface area (Å²) in [6.45, 7) is 8.77. The molecule has 3 aromatic rings. The van der Waals surface area contributed by atoms with Crippen LogP contribution in [0.3, 0.4) is 0 Å². The second-order valence-electron chi connectivity index (χ2n) is 8.35. The number of rotatable bonds is 8. The smallest absolute Gasteiger partial charge is 0.323 e. The van der Waals surface area contributed by atoms with Gasteiger partial charge in [0, 0.05) is 41.6 Å². The van der Waals surface area contributed by atoms with Gasteiger partial charge in [0.05, 0.1) is 6.61 Å². The van der Waals surface area contributed by atoms with Crippen molar-refractivity contribution in [1.29, 1.82) is 0 Å². The number of nitrogens with zero attached hydrogens (tertiary/aromatic N) is 2. The van der Waals surface area contributed by atoms with Crippen molar-refractivity contribution in [3.8, 4) is 5.75 Å². The molecule has 0 bridgehead atoms. The number of fused-ring (bicyclic) bond motifs is 1. The predicted octanol–water partition coefficient (Wildman–Crippen LogP) is 5.19. The zero-order valence-electron chi connectivity index (χ0n) is 18.5. The van der Waals surface area contributed by atoms with Crippen LogP contribution in [0.1, 0.15) is 19.4 Å². The lowest BCUT2D eigenvalue weighted by molar-refractivity contribution is 0.262. The van der Waals surface area contributed by atoms with E-state index in [9.17, 15) is 4.79 Å². The molecule has 0 atom stereocenters. The number of urea groups is 1. The Hall–Kier alpha value is -2.99. The van der Waals surface area contributed by atoms with E-state index in [1.165, 1.54) is 0 Å². The van der Waals surface area contributed by atoms with Gasteiger partial charge in [0.2, 0.25) is 0 Å². The van der Waals surface area contributed by atoms with Gasteiger partial charge in [-0.05, 0) is 75.0 Å². The first-order valence-electron chi connectivity index (χ1n) is 10.4. The third-order valence-corrected chi connectivity index (χ3v) is 4.85. The van der Waals surface area contributed by atoms with E-state index in [1.54, 1.807) is 0 Å². The highest BCUT2D eigenvalue weighted by Crippen LogP contribution is 2.23. The quantitative estimate of drug-likeness (QED) is 0.539. The minimum Gasteiger partial charge on any atom is -0.493 e. The lowest BCUT2D eigenvalue weighted by Gasteiger charge is -2.13. The molecule has 0 aliphatic heterocycles. The van der Waals surface area contributed by atoms with Gasteiger partial charge in [-0.2, -0.15) is 0 Å². The van der Waals surface area contributed by atoms with E-state index in [0.29, 0.717) is 12.5 Å². The molecule has 0 radical (unpaired) electrons. The summed E-state index contributed by atoms with van der Waals surface area (Å²) in [6, 6.07) is 13.5. The number of hydrogen-bond acceptors (Lipinski definition) is 3. The molecule has 30 heavy (non-hydrogen) atoms. The van der Waals surface area contributed by atoms with Crippen molar-refractivity contribution in [1.82, 2.24) is 9.47 Å². The van der Waals surface area contributed by atoms with Gasteiger partial charge in [-0.3, -0.25) is 0 Å². The van der Waals surface area contributed by atoms with Crippen LogP contribution in [0.4, 0.5) is 16.2 Å². The van der Waals surface area contributed by atoms with E-state index >= 15 is 0 Å². The van der Waals surface area contributed by atoms with Crippen LogP contribution in [0.25, 0.3) is 10.9 Å². The largest absolute Gasteiger partial charge is 0.493 e. The van der Waals surface area contributed by atoms with Gasteiger partial charge in [0.15, 0.2) is 0 Å². The first kappa shape index (κ1) is 21.7. The van der Waals surface area contributed by atoms with Gasteiger partial charge in [-0.25, -0.2) is 4.79 Å².